The second-order valence-corrected chi connectivity index (χ2v) is 12.2. The third-order valence-corrected chi connectivity index (χ3v) is 9.16. The molecule has 1 unspecified atom stereocenters. The molecule has 1 atom stereocenters. The molecule has 0 spiro atoms. The summed E-state index contributed by atoms with van der Waals surface area (Å²) < 4.78 is 0. The Hall–Kier alpha value is -4.63. The van der Waals surface area contributed by atoms with Gasteiger partial charge in [0.05, 0.1) is 11.9 Å². The summed E-state index contributed by atoms with van der Waals surface area (Å²) >= 11 is 0. The van der Waals surface area contributed by atoms with Crippen molar-refractivity contribution in [3.05, 3.63) is 53.2 Å². The smallest absolute Gasteiger partial charge is 0.317 e. The molecule has 4 aliphatic rings. The Morgan fingerprint density at radius 3 is 2.51 bits per heavy atom. The molecule has 1 aromatic carbocycles. The van der Waals surface area contributed by atoms with E-state index in [9.17, 15) is 19.2 Å². The quantitative estimate of drug-likeness (QED) is 0.218. The zero-order valence-corrected chi connectivity index (χ0v) is 25.4. The molecule has 1 aromatic heterocycles. The molecule has 5 N–H and O–H groups in total. The lowest BCUT2D eigenvalue weighted by Crippen LogP contribution is -2.54. The van der Waals surface area contributed by atoms with E-state index >= 15 is 0 Å². The molecule has 3 aliphatic heterocycles. The van der Waals surface area contributed by atoms with Crippen molar-refractivity contribution >= 4 is 35.3 Å². The molecule has 45 heavy (non-hydrogen) atoms. The number of anilines is 2. The van der Waals surface area contributed by atoms with Crippen molar-refractivity contribution in [2.24, 2.45) is 0 Å². The van der Waals surface area contributed by atoms with Gasteiger partial charge in [0, 0.05) is 75.3 Å². The van der Waals surface area contributed by atoms with Gasteiger partial charge in [-0.2, -0.15) is 0 Å². The van der Waals surface area contributed by atoms with Gasteiger partial charge in [-0.05, 0) is 68.0 Å². The van der Waals surface area contributed by atoms with E-state index in [2.05, 4.69) is 37.7 Å². The van der Waals surface area contributed by atoms with Crippen LogP contribution in [0.3, 0.4) is 0 Å². The molecule has 0 radical (unpaired) electrons. The lowest BCUT2D eigenvalue weighted by molar-refractivity contribution is -0.136. The van der Waals surface area contributed by atoms with Crippen LogP contribution in [-0.2, 0) is 16.1 Å². The van der Waals surface area contributed by atoms with Crippen molar-refractivity contribution in [3.63, 3.8) is 0 Å². The molecule has 1 saturated carbocycles. The summed E-state index contributed by atoms with van der Waals surface area (Å²) in [5.74, 6) is 6.45. The second kappa shape index (κ2) is 13.6. The topological polar surface area (TPSA) is 153 Å². The molecule has 12 nitrogen and oxygen atoms in total. The highest BCUT2D eigenvalue weighted by molar-refractivity contribution is 6.05. The normalized spacial score (nSPS) is 23.2. The van der Waals surface area contributed by atoms with Crippen LogP contribution in [-0.4, -0.2) is 89.4 Å². The number of piperidine rings is 1. The molecule has 3 fully saturated rings. The molecule has 1 aliphatic carbocycles. The van der Waals surface area contributed by atoms with Crippen molar-refractivity contribution in [1.29, 1.82) is 0 Å². The van der Waals surface area contributed by atoms with E-state index in [1.54, 1.807) is 17.2 Å². The van der Waals surface area contributed by atoms with E-state index in [0.717, 1.165) is 62.3 Å². The summed E-state index contributed by atoms with van der Waals surface area (Å²) in [4.78, 5) is 59.5. The Morgan fingerprint density at radius 1 is 1.00 bits per heavy atom. The predicted octanol–water partition coefficient (Wildman–Crippen LogP) is 1.60. The Bertz CT molecular complexity index is 1500. The maximum absolute atomic E-state index is 12.9. The zero-order chi connectivity index (χ0) is 31.3. The van der Waals surface area contributed by atoms with Crippen molar-refractivity contribution in [3.8, 4) is 11.8 Å². The number of benzene rings is 1. The van der Waals surface area contributed by atoms with Gasteiger partial charge in [-0.25, -0.2) is 9.78 Å². The Kier molecular flexibility index (Phi) is 9.16. The van der Waals surface area contributed by atoms with Gasteiger partial charge in [0.2, 0.25) is 11.8 Å². The first-order valence-electron chi connectivity index (χ1n) is 15.9. The number of fused-ring (bicyclic) bond motifs is 1. The van der Waals surface area contributed by atoms with Crippen molar-refractivity contribution in [1.82, 2.24) is 30.7 Å². The van der Waals surface area contributed by atoms with Gasteiger partial charge in [-0.15, -0.1) is 0 Å². The molecular weight excluding hydrogens is 572 g/mol. The maximum Gasteiger partial charge on any atom is 0.317 e. The molecule has 2 aromatic rings. The molecule has 6 rings (SSSR count). The van der Waals surface area contributed by atoms with Crippen LogP contribution in [0.25, 0.3) is 0 Å². The highest BCUT2D eigenvalue weighted by Crippen LogP contribution is 2.28. The molecule has 236 valence electrons. The van der Waals surface area contributed by atoms with E-state index in [1.807, 2.05) is 29.2 Å². The fourth-order valence-electron chi connectivity index (χ4n) is 6.59. The fraction of sp³-hybridized carbons (Fsp3) is 0.485. The third-order valence-electron chi connectivity index (χ3n) is 9.16. The molecule has 12 heteroatoms. The van der Waals surface area contributed by atoms with Crippen LogP contribution < -0.4 is 26.6 Å². The Balaban J connectivity index is 0.882. The third kappa shape index (κ3) is 7.20. The summed E-state index contributed by atoms with van der Waals surface area (Å²) in [7, 11) is 0. The summed E-state index contributed by atoms with van der Waals surface area (Å²) in [6, 6.07) is 9.34. The van der Waals surface area contributed by atoms with Gasteiger partial charge in [0.25, 0.3) is 5.91 Å². The first-order valence-corrected chi connectivity index (χ1v) is 15.9. The highest BCUT2D eigenvalue weighted by atomic mass is 16.2. The number of aromatic nitrogens is 1. The minimum atomic E-state index is -0.616. The molecule has 2 saturated heterocycles. The first-order chi connectivity index (χ1) is 21.8. The molecular formula is C33H40N8O4. The average Bonchev–Trinajstić information content (AvgIpc) is 3.37. The van der Waals surface area contributed by atoms with Gasteiger partial charge in [0.1, 0.15) is 11.9 Å². The number of nitrogens with two attached hydrogens (primary N) is 1. The van der Waals surface area contributed by atoms with Crippen LogP contribution in [0.15, 0.2) is 36.5 Å². The monoisotopic (exact) mass is 612 g/mol. The fourth-order valence-corrected chi connectivity index (χ4v) is 6.59. The minimum Gasteiger partial charge on any atom is -0.397 e. The summed E-state index contributed by atoms with van der Waals surface area (Å²) in [6.45, 7) is 3.97. The summed E-state index contributed by atoms with van der Waals surface area (Å²) in [5.41, 5.74) is 8.67. The van der Waals surface area contributed by atoms with Crippen LogP contribution in [0, 0.1) is 11.8 Å². The molecule has 0 bridgehead atoms. The first kappa shape index (κ1) is 30.4. The van der Waals surface area contributed by atoms with Crippen LogP contribution in [0.5, 0.6) is 0 Å². The van der Waals surface area contributed by atoms with Crippen molar-refractivity contribution < 1.29 is 19.2 Å². The number of amides is 5. The predicted molar refractivity (Wildman–Crippen MR) is 169 cm³/mol. The van der Waals surface area contributed by atoms with Crippen molar-refractivity contribution in [2.75, 3.05) is 43.4 Å². The van der Waals surface area contributed by atoms with E-state index < -0.39 is 11.9 Å². The lowest BCUT2D eigenvalue weighted by atomic mass is 9.91. The van der Waals surface area contributed by atoms with Crippen LogP contribution >= 0.6 is 0 Å². The summed E-state index contributed by atoms with van der Waals surface area (Å²) in [5, 5.41) is 9.18. The number of urea groups is 1. The number of nitrogens with one attached hydrogen (secondary N) is 3. The number of hydrogen-bond donors (Lipinski definition) is 4. The number of carbonyl (C=O) groups excluding carboxylic acids is 4. The van der Waals surface area contributed by atoms with Gasteiger partial charge in [0.15, 0.2) is 0 Å². The molecule has 4 heterocycles. The highest BCUT2D eigenvalue weighted by Gasteiger charge is 2.39. The number of piperazine rings is 1. The largest absolute Gasteiger partial charge is 0.397 e. The van der Waals surface area contributed by atoms with Gasteiger partial charge in [-0.3, -0.25) is 19.7 Å². The summed E-state index contributed by atoms with van der Waals surface area (Å²) in [6.07, 6.45) is 6.88. The number of nitrogens with zero attached hydrogens (tertiary/aromatic N) is 4. The second-order valence-electron chi connectivity index (χ2n) is 12.2. The van der Waals surface area contributed by atoms with E-state index in [4.69, 9.17) is 5.73 Å². The number of pyridine rings is 1. The van der Waals surface area contributed by atoms with Crippen LogP contribution in [0.1, 0.15) is 66.4 Å². The van der Waals surface area contributed by atoms with Gasteiger partial charge < -0.3 is 31.1 Å². The van der Waals surface area contributed by atoms with Crippen molar-refractivity contribution in [2.45, 2.75) is 69.6 Å². The number of hydrogen-bond acceptors (Lipinski definition) is 8. The lowest BCUT2D eigenvalue weighted by Gasteiger charge is -2.37. The molecule has 5 amide bonds. The van der Waals surface area contributed by atoms with E-state index in [1.165, 1.54) is 0 Å². The number of imide groups is 1. The van der Waals surface area contributed by atoms with Gasteiger partial charge >= 0.3 is 6.03 Å². The van der Waals surface area contributed by atoms with Crippen LogP contribution in [0.2, 0.25) is 0 Å². The Morgan fingerprint density at radius 2 is 1.78 bits per heavy atom. The standard InChI is InChI=1S/C33H40N8O4/c34-24-5-12-29(36-20-24)39-15-17-40(18-16-39)33(45)37-26-8-6-25(7-9-26)35-14-2-1-3-22-4-10-27-23(19-22)21-41(32(27)44)28-11-13-30(42)38-31(28)43/h4-5,10,12,19-20,25-26,28,35H,2,6-9,11,13-18,21,34H2,(H,37,45)(H,38,42,43). The zero-order valence-electron chi connectivity index (χ0n) is 25.4. The maximum atomic E-state index is 12.9. The number of carbonyl (C=O) groups is 4. The average molecular weight is 613 g/mol. The van der Waals surface area contributed by atoms with Gasteiger partial charge in [-0.1, -0.05) is 11.8 Å². The minimum absolute atomic E-state index is 0.0196. The number of rotatable bonds is 6. The Labute approximate surface area is 263 Å². The van der Waals surface area contributed by atoms with E-state index in [-0.39, 0.29) is 30.3 Å². The number of nitrogen functional groups attached to an aromatic ring is 1. The van der Waals surface area contributed by atoms with E-state index in [0.29, 0.717) is 49.8 Å². The SMILES string of the molecule is Nc1ccc(N2CCN(C(=O)NC3CCC(NCCC#Cc4ccc5c(c4)CN(C4CCC(=O)NC4=O)C5=O)CC3)CC2)nc1. The van der Waals surface area contributed by atoms with Crippen LogP contribution in [0.4, 0.5) is 16.3 Å².